The van der Waals surface area contributed by atoms with Crippen molar-refractivity contribution in [3.8, 4) is 0 Å². The maximum atomic E-state index is 12.3. The van der Waals surface area contributed by atoms with Crippen molar-refractivity contribution in [2.45, 2.75) is 30.3 Å². The third kappa shape index (κ3) is 4.31. The van der Waals surface area contributed by atoms with Crippen LogP contribution in [0.25, 0.3) is 0 Å². The first-order valence-electron chi connectivity index (χ1n) is 7.03. The third-order valence-electron chi connectivity index (χ3n) is 3.75. The van der Waals surface area contributed by atoms with Crippen molar-refractivity contribution in [1.82, 2.24) is 4.90 Å². The molecule has 118 valence electrons. The Morgan fingerprint density at radius 2 is 2.14 bits per heavy atom. The summed E-state index contributed by atoms with van der Waals surface area (Å²) in [5.41, 5.74) is 0. The van der Waals surface area contributed by atoms with Crippen molar-refractivity contribution in [3.63, 3.8) is 0 Å². The molecule has 21 heavy (non-hydrogen) atoms. The predicted octanol–water partition coefficient (Wildman–Crippen LogP) is 1.22. The number of ether oxygens (including phenoxy) is 1. The van der Waals surface area contributed by atoms with E-state index >= 15 is 0 Å². The monoisotopic (exact) mass is 315 g/mol. The van der Waals surface area contributed by atoms with Crippen molar-refractivity contribution in [3.05, 3.63) is 24.2 Å². The predicted molar refractivity (Wildman–Crippen MR) is 77.4 cm³/mol. The number of hydrogen-bond donors (Lipinski definition) is 0. The molecule has 0 spiro atoms. The molecule has 0 unspecified atom stereocenters. The fourth-order valence-electron chi connectivity index (χ4n) is 2.52. The van der Waals surface area contributed by atoms with E-state index in [-0.39, 0.29) is 11.7 Å². The molecule has 1 aliphatic rings. The summed E-state index contributed by atoms with van der Waals surface area (Å²) in [6, 6.07) is 3.35. The first kappa shape index (κ1) is 16.0. The van der Waals surface area contributed by atoms with Crippen LogP contribution in [-0.4, -0.2) is 51.3 Å². The fraction of sp³-hybridized carbons (Fsp3) is 0.643. The highest BCUT2D eigenvalue weighted by atomic mass is 32.2. The number of carbonyl (C=O) groups is 1. The second kappa shape index (κ2) is 7.09. The number of nitrogens with zero attached hydrogens (tertiary/aromatic N) is 1. The van der Waals surface area contributed by atoms with Crippen molar-refractivity contribution in [2.75, 3.05) is 26.8 Å². The van der Waals surface area contributed by atoms with E-state index in [2.05, 4.69) is 0 Å². The molecule has 1 aliphatic heterocycles. The summed E-state index contributed by atoms with van der Waals surface area (Å²) in [7, 11) is -1.67. The fourth-order valence-corrected chi connectivity index (χ4v) is 4.25. The largest absolute Gasteiger partial charge is 0.468 e. The van der Waals surface area contributed by atoms with Gasteiger partial charge in [0.05, 0.1) is 24.5 Å². The van der Waals surface area contributed by atoms with Crippen molar-refractivity contribution in [1.29, 1.82) is 0 Å². The molecule has 1 fully saturated rings. The highest BCUT2D eigenvalue weighted by Crippen LogP contribution is 2.22. The molecule has 0 saturated carbocycles. The minimum atomic E-state index is -3.23. The Bertz CT molecular complexity index is 544. The quantitative estimate of drug-likeness (QED) is 0.789. The van der Waals surface area contributed by atoms with Gasteiger partial charge in [-0.1, -0.05) is 0 Å². The topological polar surface area (TPSA) is 76.8 Å². The number of methoxy groups -OCH3 is 1. The second-order valence-corrected chi connectivity index (χ2v) is 7.49. The number of piperidine rings is 1. The maximum Gasteiger partial charge on any atom is 0.224 e. The summed E-state index contributed by atoms with van der Waals surface area (Å²) in [6.45, 7) is 1.38. The Kier molecular flexibility index (Phi) is 5.41. The van der Waals surface area contributed by atoms with Gasteiger partial charge >= 0.3 is 0 Å². The van der Waals surface area contributed by atoms with E-state index in [0.717, 1.165) is 0 Å². The average Bonchev–Trinajstić information content (AvgIpc) is 2.97. The highest BCUT2D eigenvalue weighted by molar-refractivity contribution is 7.91. The minimum Gasteiger partial charge on any atom is -0.468 e. The Hall–Kier alpha value is -1.34. The molecule has 0 bridgehead atoms. The van der Waals surface area contributed by atoms with Crippen LogP contribution in [0.2, 0.25) is 0 Å². The van der Waals surface area contributed by atoms with E-state index in [1.807, 2.05) is 0 Å². The van der Waals surface area contributed by atoms with Gasteiger partial charge in [-0.3, -0.25) is 4.79 Å². The molecule has 0 radical (unpaired) electrons. The van der Waals surface area contributed by atoms with Crippen LogP contribution in [0.4, 0.5) is 0 Å². The first-order chi connectivity index (χ1) is 10.0. The first-order valence-corrected chi connectivity index (χ1v) is 8.75. The number of likely N-dealkylation sites (tertiary alicyclic amines) is 1. The van der Waals surface area contributed by atoms with Crippen LogP contribution >= 0.6 is 0 Å². The lowest BCUT2D eigenvalue weighted by molar-refractivity contribution is -0.132. The van der Waals surface area contributed by atoms with Crippen LogP contribution in [0.15, 0.2) is 22.8 Å². The maximum absolute atomic E-state index is 12.3. The van der Waals surface area contributed by atoms with Gasteiger partial charge in [0.15, 0.2) is 9.84 Å². The normalized spacial score (nSPS) is 17.1. The molecule has 2 heterocycles. The molecular weight excluding hydrogens is 294 g/mol. The van der Waals surface area contributed by atoms with Gasteiger partial charge in [0.1, 0.15) is 11.5 Å². The molecule has 0 atom stereocenters. The molecular formula is C14H21NO5S. The molecule has 1 aromatic rings. The van der Waals surface area contributed by atoms with Crippen LogP contribution in [-0.2, 0) is 25.1 Å². The number of rotatable bonds is 6. The van der Waals surface area contributed by atoms with Gasteiger partial charge in [-0.15, -0.1) is 0 Å². The standard InChI is InChI=1S/C14H21NO5S/c1-19-10-6-14(16)15-7-4-13(5-8-15)21(17,18)11-12-3-2-9-20-12/h2-3,9,13H,4-8,10-11H2,1H3. The lowest BCUT2D eigenvalue weighted by Crippen LogP contribution is -2.43. The van der Waals surface area contributed by atoms with E-state index in [1.165, 1.54) is 6.26 Å². The number of furan rings is 1. The lowest BCUT2D eigenvalue weighted by atomic mass is 10.1. The summed E-state index contributed by atoms with van der Waals surface area (Å²) < 4.78 is 34.6. The lowest BCUT2D eigenvalue weighted by Gasteiger charge is -2.31. The zero-order valence-electron chi connectivity index (χ0n) is 12.2. The van der Waals surface area contributed by atoms with Gasteiger partial charge in [-0.25, -0.2) is 8.42 Å². The Labute approximate surface area is 125 Å². The molecule has 0 aromatic carbocycles. The third-order valence-corrected chi connectivity index (χ3v) is 5.92. The Morgan fingerprint density at radius 3 is 2.71 bits per heavy atom. The highest BCUT2D eigenvalue weighted by Gasteiger charge is 2.31. The summed E-state index contributed by atoms with van der Waals surface area (Å²) in [6.07, 6.45) is 2.80. The van der Waals surface area contributed by atoms with E-state index in [9.17, 15) is 13.2 Å². The van der Waals surface area contributed by atoms with Crippen LogP contribution < -0.4 is 0 Å². The van der Waals surface area contributed by atoms with Crippen molar-refractivity contribution < 1.29 is 22.4 Å². The zero-order valence-corrected chi connectivity index (χ0v) is 13.0. The van der Waals surface area contributed by atoms with Crippen molar-refractivity contribution in [2.24, 2.45) is 0 Å². The van der Waals surface area contributed by atoms with E-state index < -0.39 is 15.1 Å². The summed E-state index contributed by atoms with van der Waals surface area (Å²) in [4.78, 5) is 13.6. The summed E-state index contributed by atoms with van der Waals surface area (Å²) in [5, 5.41) is -0.394. The zero-order chi connectivity index (χ0) is 15.3. The van der Waals surface area contributed by atoms with Crippen molar-refractivity contribution >= 4 is 15.7 Å². The van der Waals surface area contributed by atoms with Gasteiger partial charge in [0.2, 0.25) is 5.91 Å². The number of hydrogen-bond acceptors (Lipinski definition) is 5. The van der Waals surface area contributed by atoms with E-state index in [0.29, 0.717) is 44.7 Å². The molecule has 1 amide bonds. The van der Waals surface area contributed by atoms with Gasteiger partial charge in [0.25, 0.3) is 0 Å². The van der Waals surface area contributed by atoms with E-state index in [4.69, 9.17) is 9.15 Å². The van der Waals surface area contributed by atoms with Crippen LogP contribution in [0.5, 0.6) is 0 Å². The van der Waals surface area contributed by atoms with Gasteiger partial charge < -0.3 is 14.1 Å². The number of carbonyl (C=O) groups excluding carboxylic acids is 1. The van der Waals surface area contributed by atoms with Crippen LogP contribution in [0.1, 0.15) is 25.0 Å². The SMILES string of the molecule is COCCC(=O)N1CCC(S(=O)(=O)Cc2ccco2)CC1. The molecule has 2 rings (SSSR count). The molecule has 0 aliphatic carbocycles. The van der Waals surface area contributed by atoms with Gasteiger partial charge in [0, 0.05) is 20.2 Å². The molecule has 0 N–H and O–H groups in total. The second-order valence-electron chi connectivity index (χ2n) is 5.21. The average molecular weight is 315 g/mol. The Balaban J connectivity index is 1.87. The molecule has 1 aromatic heterocycles. The number of amides is 1. The summed E-state index contributed by atoms with van der Waals surface area (Å²) >= 11 is 0. The minimum absolute atomic E-state index is 0.0266. The van der Waals surface area contributed by atoms with Crippen LogP contribution in [0, 0.1) is 0 Å². The van der Waals surface area contributed by atoms with Gasteiger partial charge in [-0.2, -0.15) is 0 Å². The molecule has 1 saturated heterocycles. The Morgan fingerprint density at radius 1 is 1.43 bits per heavy atom. The smallest absolute Gasteiger partial charge is 0.224 e. The number of sulfone groups is 1. The van der Waals surface area contributed by atoms with Gasteiger partial charge in [-0.05, 0) is 25.0 Å². The molecule has 7 heteroatoms. The van der Waals surface area contributed by atoms with Crippen LogP contribution in [0.3, 0.4) is 0 Å². The van der Waals surface area contributed by atoms with E-state index in [1.54, 1.807) is 24.1 Å². The molecule has 6 nitrogen and oxygen atoms in total. The summed E-state index contributed by atoms with van der Waals surface area (Å²) in [5.74, 6) is 0.426.